The SMILES string of the molecule is CCCC1(C(=O)O)CCCN1CC(N)=O. The molecule has 0 bridgehead atoms. The molecule has 0 aromatic rings. The zero-order valence-corrected chi connectivity index (χ0v) is 9.03. The number of primary amides is 1. The lowest BCUT2D eigenvalue weighted by Crippen LogP contribution is -2.52. The van der Waals surface area contributed by atoms with Crippen LogP contribution in [0.25, 0.3) is 0 Å². The predicted molar refractivity (Wildman–Crippen MR) is 55.3 cm³/mol. The second-order valence-corrected chi connectivity index (χ2v) is 4.08. The monoisotopic (exact) mass is 214 g/mol. The van der Waals surface area contributed by atoms with E-state index in [9.17, 15) is 14.7 Å². The number of nitrogens with zero attached hydrogens (tertiary/aromatic N) is 1. The van der Waals surface area contributed by atoms with E-state index >= 15 is 0 Å². The summed E-state index contributed by atoms with van der Waals surface area (Å²) in [5.74, 6) is -1.29. The van der Waals surface area contributed by atoms with E-state index in [0.29, 0.717) is 19.4 Å². The fraction of sp³-hybridized carbons (Fsp3) is 0.800. The second kappa shape index (κ2) is 4.61. The maximum Gasteiger partial charge on any atom is 0.324 e. The Labute approximate surface area is 89.2 Å². The molecule has 1 aliphatic rings. The number of hydrogen-bond acceptors (Lipinski definition) is 3. The number of likely N-dealkylation sites (tertiary alicyclic amines) is 1. The van der Waals surface area contributed by atoms with Crippen molar-refractivity contribution in [2.24, 2.45) is 5.73 Å². The van der Waals surface area contributed by atoms with Gasteiger partial charge in [0, 0.05) is 0 Å². The van der Waals surface area contributed by atoms with Crippen molar-refractivity contribution in [2.45, 2.75) is 38.1 Å². The third-order valence-electron chi connectivity index (χ3n) is 3.03. The van der Waals surface area contributed by atoms with E-state index in [2.05, 4.69) is 0 Å². The number of rotatable bonds is 5. The van der Waals surface area contributed by atoms with Gasteiger partial charge >= 0.3 is 5.97 Å². The van der Waals surface area contributed by atoms with Gasteiger partial charge in [0.25, 0.3) is 0 Å². The number of aliphatic carboxylic acids is 1. The molecule has 0 aliphatic carbocycles. The zero-order valence-electron chi connectivity index (χ0n) is 9.03. The molecule has 1 atom stereocenters. The van der Waals surface area contributed by atoms with Gasteiger partial charge in [-0.25, -0.2) is 0 Å². The molecule has 1 saturated heterocycles. The van der Waals surface area contributed by atoms with Crippen LogP contribution >= 0.6 is 0 Å². The highest BCUT2D eigenvalue weighted by Crippen LogP contribution is 2.33. The van der Waals surface area contributed by atoms with E-state index in [1.165, 1.54) is 0 Å². The van der Waals surface area contributed by atoms with Gasteiger partial charge in [-0.3, -0.25) is 14.5 Å². The van der Waals surface area contributed by atoms with Crippen LogP contribution in [0.3, 0.4) is 0 Å². The van der Waals surface area contributed by atoms with Crippen LogP contribution in [0.5, 0.6) is 0 Å². The summed E-state index contributed by atoms with van der Waals surface area (Å²) in [6, 6.07) is 0. The minimum absolute atomic E-state index is 0.0479. The van der Waals surface area contributed by atoms with Crippen molar-refractivity contribution < 1.29 is 14.7 Å². The molecule has 0 saturated carbocycles. The summed E-state index contributed by atoms with van der Waals surface area (Å²) < 4.78 is 0. The van der Waals surface area contributed by atoms with Crippen LogP contribution in [0.15, 0.2) is 0 Å². The van der Waals surface area contributed by atoms with Crippen molar-refractivity contribution in [3.05, 3.63) is 0 Å². The molecule has 1 unspecified atom stereocenters. The summed E-state index contributed by atoms with van der Waals surface area (Å²) in [4.78, 5) is 23.9. The lowest BCUT2D eigenvalue weighted by Gasteiger charge is -2.33. The zero-order chi connectivity index (χ0) is 11.5. The predicted octanol–water partition coefficient (Wildman–Crippen LogP) is 0.191. The highest BCUT2D eigenvalue weighted by atomic mass is 16.4. The number of hydrogen-bond donors (Lipinski definition) is 2. The van der Waals surface area contributed by atoms with Crippen LogP contribution < -0.4 is 5.73 Å². The fourth-order valence-corrected chi connectivity index (χ4v) is 2.40. The van der Waals surface area contributed by atoms with Crippen molar-refractivity contribution in [1.29, 1.82) is 0 Å². The molecule has 0 spiro atoms. The third-order valence-corrected chi connectivity index (χ3v) is 3.03. The van der Waals surface area contributed by atoms with Crippen molar-refractivity contribution >= 4 is 11.9 Å². The Kier molecular flexibility index (Phi) is 3.68. The van der Waals surface area contributed by atoms with Gasteiger partial charge in [0.05, 0.1) is 6.54 Å². The Morgan fingerprint density at radius 1 is 1.53 bits per heavy atom. The van der Waals surface area contributed by atoms with Crippen LogP contribution in [0.1, 0.15) is 32.6 Å². The highest BCUT2D eigenvalue weighted by molar-refractivity contribution is 5.82. The normalized spacial score (nSPS) is 26.7. The van der Waals surface area contributed by atoms with Crippen LogP contribution in [-0.2, 0) is 9.59 Å². The van der Waals surface area contributed by atoms with E-state index in [0.717, 1.165) is 12.8 Å². The molecule has 86 valence electrons. The first-order chi connectivity index (χ1) is 7.03. The summed E-state index contributed by atoms with van der Waals surface area (Å²) in [7, 11) is 0. The minimum atomic E-state index is -0.857. The van der Waals surface area contributed by atoms with Crippen LogP contribution in [-0.4, -0.2) is 40.5 Å². The Hall–Kier alpha value is -1.10. The Bertz CT molecular complexity index is 267. The average molecular weight is 214 g/mol. The van der Waals surface area contributed by atoms with Gasteiger partial charge in [-0.1, -0.05) is 13.3 Å². The highest BCUT2D eigenvalue weighted by Gasteiger charge is 2.46. The van der Waals surface area contributed by atoms with Crippen LogP contribution in [0.2, 0.25) is 0 Å². The van der Waals surface area contributed by atoms with Gasteiger partial charge in [-0.2, -0.15) is 0 Å². The molecule has 1 amide bonds. The quantitative estimate of drug-likeness (QED) is 0.684. The first-order valence-corrected chi connectivity index (χ1v) is 5.29. The summed E-state index contributed by atoms with van der Waals surface area (Å²) in [5, 5.41) is 9.28. The molecule has 1 heterocycles. The third kappa shape index (κ3) is 2.28. The maximum absolute atomic E-state index is 11.3. The number of carbonyl (C=O) groups is 2. The van der Waals surface area contributed by atoms with Gasteiger partial charge < -0.3 is 10.8 Å². The summed E-state index contributed by atoms with van der Waals surface area (Å²) in [5.41, 5.74) is 4.26. The molecule has 1 aliphatic heterocycles. The van der Waals surface area contributed by atoms with E-state index in [1.54, 1.807) is 4.90 Å². The number of carboxylic acid groups (broad SMARTS) is 1. The van der Waals surface area contributed by atoms with Crippen molar-refractivity contribution in [2.75, 3.05) is 13.1 Å². The molecular formula is C10H18N2O3. The van der Waals surface area contributed by atoms with Gasteiger partial charge in [-0.05, 0) is 25.8 Å². The van der Waals surface area contributed by atoms with Crippen LogP contribution in [0, 0.1) is 0 Å². The Morgan fingerprint density at radius 2 is 2.20 bits per heavy atom. The molecule has 0 aromatic heterocycles. The molecular weight excluding hydrogens is 196 g/mol. The number of amides is 1. The largest absolute Gasteiger partial charge is 0.480 e. The molecule has 15 heavy (non-hydrogen) atoms. The van der Waals surface area contributed by atoms with Gasteiger partial charge in [-0.15, -0.1) is 0 Å². The lowest BCUT2D eigenvalue weighted by molar-refractivity contribution is -0.150. The Morgan fingerprint density at radius 3 is 2.67 bits per heavy atom. The van der Waals surface area contributed by atoms with Crippen molar-refractivity contribution in [1.82, 2.24) is 4.90 Å². The Balaban J connectivity index is 2.84. The summed E-state index contributed by atoms with van der Waals surface area (Å²) in [6.07, 6.45) is 2.81. The van der Waals surface area contributed by atoms with Crippen molar-refractivity contribution in [3.8, 4) is 0 Å². The molecule has 0 aromatic carbocycles. The van der Waals surface area contributed by atoms with E-state index in [1.807, 2.05) is 6.92 Å². The minimum Gasteiger partial charge on any atom is -0.480 e. The maximum atomic E-state index is 11.3. The summed E-state index contributed by atoms with van der Waals surface area (Å²) >= 11 is 0. The van der Waals surface area contributed by atoms with Crippen LogP contribution in [0.4, 0.5) is 0 Å². The smallest absolute Gasteiger partial charge is 0.324 e. The number of carbonyl (C=O) groups excluding carboxylic acids is 1. The lowest BCUT2D eigenvalue weighted by atomic mass is 9.90. The molecule has 1 fully saturated rings. The second-order valence-electron chi connectivity index (χ2n) is 4.08. The summed E-state index contributed by atoms with van der Waals surface area (Å²) in [6.45, 7) is 2.65. The molecule has 0 radical (unpaired) electrons. The average Bonchev–Trinajstić information content (AvgIpc) is 2.49. The van der Waals surface area contributed by atoms with E-state index in [-0.39, 0.29) is 6.54 Å². The first kappa shape index (κ1) is 12.0. The van der Waals surface area contributed by atoms with Gasteiger partial charge in [0.2, 0.25) is 5.91 Å². The topological polar surface area (TPSA) is 83.6 Å². The molecule has 5 heteroatoms. The standard InChI is InChI=1S/C10H18N2O3/c1-2-4-10(9(14)15)5-3-6-12(10)7-8(11)13/h2-7H2,1H3,(H2,11,13)(H,14,15). The van der Waals surface area contributed by atoms with E-state index in [4.69, 9.17) is 5.73 Å². The van der Waals surface area contributed by atoms with Gasteiger partial charge in [0.1, 0.15) is 5.54 Å². The molecule has 1 rings (SSSR count). The fourth-order valence-electron chi connectivity index (χ4n) is 2.40. The van der Waals surface area contributed by atoms with Gasteiger partial charge in [0.15, 0.2) is 0 Å². The molecule has 3 N–H and O–H groups in total. The molecule has 5 nitrogen and oxygen atoms in total. The number of carboxylic acids is 1. The van der Waals surface area contributed by atoms with E-state index < -0.39 is 17.4 Å². The van der Waals surface area contributed by atoms with Crippen molar-refractivity contribution in [3.63, 3.8) is 0 Å². The number of nitrogens with two attached hydrogens (primary N) is 1. The first-order valence-electron chi connectivity index (χ1n) is 5.29.